The maximum atomic E-state index is 10.5. The van der Waals surface area contributed by atoms with Gasteiger partial charge in [-0.3, -0.25) is 0 Å². The monoisotopic (exact) mass is 252 g/mol. The average Bonchev–Trinajstić information content (AvgIpc) is 3.22. The van der Waals surface area contributed by atoms with Crippen LogP contribution in [0.3, 0.4) is 0 Å². The first-order valence-electron chi connectivity index (χ1n) is 6.87. The lowest BCUT2D eigenvalue weighted by Gasteiger charge is -2.13. The highest BCUT2D eigenvalue weighted by molar-refractivity contribution is 5.40. The van der Waals surface area contributed by atoms with Gasteiger partial charge in [0.25, 0.3) is 0 Å². The molecular formula is C16H16N2O. The summed E-state index contributed by atoms with van der Waals surface area (Å²) >= 11 is 0. The van der Waals surface area contributed by atoms with Crippen LogP contribution >= 0.6 is 0 Å². The molecule has 19 heavy (non-hydrogen) atoms. The van der Waals surface area contributed by atoms with Gasteiger partial charge in [0.1, 0.15) is 6.33 Å². The Morgan fingerprint density at radius 3 is 2.79 bits per heavy atom. The van der Waals surface area contributed by atoms with Crippen LogP contribution in [0.25, 0.3) is 0 Å². The van der Waals surface area contributed by atoms with Gasteiger partial charge < -0.3 is 5.11 Å². The molecular weight excluding hydrogens is 236 g/mol. The highest BCUT2D eigenvalue weighted by Crippen LogP contribution is 2.64. The molecule has 1 fully saturated rings. The van der Waals surface area contributed by atoms with E-state index in [9.17, 15) is 5.11 Å². The first kappa shape index (κ1) is 11.1. The summed E-state index contributed by atoms with van der Waals surface area (Å²) in [7, 11) is 0. The first-order valence-corrected chi connectivity index (χ1v) is 6.87. The van der Waals surface area contributed by atoms with Gasteiger partial charge in [0.2, 0.25) is 0 Å². The van der Waals surface area contributed by atoms with E-state index in [0.717, 1.165) is 12.0 Å². The number of nitrogens with zero attached hydrogens (tertiary/aromatic N) is 2. The predicted molar refractivity (Wildman–Crippen MR) is 71.5 cm³/mol. The quantitative estimate of drug-likeness (QED) is 0.893. The summed E-state index contributed by atoms with van der Waals surface area (Å²) in [4.78, 5) is 8.01. The molecule has 4 atom stereocenters. The second-order valence-electron chi connectivity index (χ2n) is 5.62. The van der Waals surface area contributed by atoms with Gasteiger partial charge in [-0.15, -0.1) is 0 Å². The number of aliphatic hydroxyl groups excluding tert-OH is 1. The Morgan fingerprint density at radius 2 is 1.95 bits per heavy atom. The fraction of sp³-hybridized carbons (Fsp3) is 0.375. The van der Waals surface area contributed by atoms with Crippen molar-refractivity contribution in [2.24, 2.45) is 11.8 Å². The summed E-state index contributed by atoms with van der Waals surface area (Å²) in [6.45, 7) is 0. The minimum absolute atomic E-state index is 0.342. The van der Waals surface area contributed by atoms with Gasteiger partial charge >= 0.3 is 0 Å². The molecule has 4 unspecified atom stereocenters. The van der Waals surface area contributed by atoms with Crippen LogP contribution in [0, 0.1) is 11.8 Å². The van der Waals surface area contributed by atoms with E-state index in [0.29, 0.717) is 17.8 Å². The summed E-state index contributed by atoms with van der Waals surface area (Å²) < 4.78 is 0. The van der Waals surface area contributed by atoms with Gasteiger partial charge in [-0.25, -0.2) is 9.97 Å². The predicted octanol–water partition coefficient (Wildman–Crippen LogP) is 2.49. The SMILES string of the molecule is OC(c1cncnc1)C1C2CCc3ccccc3C21. The third-order valence-corrected chi connectivity index (χ3v) is 4.68. The van der Waals surface area contributed by atoms with Crippen molar-refractivity contribution >= 4 is 0 Å². The van der Waals surface area contributed by atoms with Crippen molar-refractivity contribution in [2.75, 3.05) is 0 Å². The number of aromatic nitrogens is 2. The van der Waals surface area contributed by atoms with E-state index in [1.54, 1.807) is 12.4 Å². The van der Waals surface area contributed by atoms with Gasteiger partial charge in [-0.05, 0) is 41.7 Å². The summed E-state index contributed by atoms with van der Waals surface area (Å²) in [6, 6.07) is 8.66. The fourth-order valence-electron chi connectivity index (χ4n) is 3.74. The number of hydrogen-bond acceptors (Lipinski definition) is 3. The summed E-state index contributed by atoms with van der Waals surface area (Å²) in [5.41, 5.74) is 3.75. The Labute approximate surface area is 112 Å². The molecule has 96 valence electrons. The molecule has 0 amide bonds. The molecule has 1 N–H and O–H groups in total. The van der Waals surface area contributed by atoms with Crippen molar-refractivity contribution in [1.82, 2.24) is 9.97 Å². The van der Waals surface area contributed by atoms with Crippen molar-refractivity contribution in [3.05, 3.63) is 59.7 Å². The first-order chi connectivity index (χ1) is 9.36. The maximum absolute atomic E-state index is 10.5. The van der Waals surface area contributed by atoms with Crippen molar-refractivity contribution in [2.45, 2.75) is 24.9 Å². The molecule has 0 spiro atoms. The standard InChI is InChI=1S/C16H16N2O/c19-16(11-7-17-9-18-8-11)15-13-6-5-10-3-1-2-4-12(10)14(13)15/h1-4,7-9,13-16,19H,5-6H2. The molecule has 3 heteroatoms. The molecule has 4 rings (SSSR count). The third-order valence-electron chi connectivity index (χ3n) is 4.68. The van der Waals surface area contributed by atoms with Crippen LogP contribution in [0.2, 0.25) is 0 Å². The van der Waals surface area contributed by atoms with Gasteiger partial charge in [0.05, 0.1) is 6.10 Å². The van der Waals surface area contributed by atoms with E-state index in [-0.39, 0.29) is 0 Å². The summed E-state index contributed by atoms with van der Waals surface area (Å²) in [5, 5.41) is 10.5. The van der Waals surface area contributed by atoms with E-state index in [1.165, 1.54) is 23.9 Å². The zero-order valence-electron chi connectivity index (χ0n) is 10.6. The molecule has 2 aliphatic carbocycles. The van der Waals surface area contributed by atoms with Crippen LogP contribution in [-0.4, -0.2) is 15.1 Å². The Morgan fingerprint density at radius 1 is 1.16 bits per heavy atom. The van der Waals surface area contributed by atoms with Gasteiger partial charge in [-0.1, -0.05) is 24.3 Å². The normalized spacial score (nSPS) is 29.2. The molecule has 2 aliphatic rings. The average molecular weight is 252 g/mol. The second kappa shape index (κ2) is 4.14. The van der Waals surface area contributed by atoms with Crippen molar-refractivity contribution in [1.29, 1.82) is 0 Å². The number of rotatable bonds is 2. The van der Waals surface area contributed by atoms with E-state index in [2.05, 4.69) is 34.2 Å². The topological polar surface area (TPSA) is 46.0 Å². The van der Waals surface area contributed by atoms with Crippen LogP contribution in [0.15, 0.2) is 43.0 Å². The minimum Gasteiger partial charge on any atom is -0.388 e. The molecule has 0 aliphatic heterocycles. The van der Waals surface area contributed by atoms with E-state index < -0.39 is 6.10 Å². The molecule has 3 nitrogen and oxygen atoms in total. The molecule has 1 heterocycles. The molecule has 0 bridgehead atoms. The van der Waals surface area contributed by atoms with Crippen molar-refractivity contribution < 1.29 is 5.11 Å². The van der Waals surface area contributed by atoms with Gasteiger partial charge in [-0.2, -0.15) is 0 Å². The molecule has 1 aromatic heterocycles. The highest BCUT2D eigenvalue weighted by Gasteiger charge is 2.56. The van der Waals surface area contributed by atoms with Crippen LogP contribution < -0.4 is 0 Å². The Bertz CT molecular complexity index is 599. The summed E-state index contributed by atoms with van der Waals surface area (Å²) in [5.74, 6) is 1.50. The number of hydrogen-bond donors (Lipinski definition) is 1. The Hall–Kier alpha value is -1.74. The largest absolute Gasteiger partial charge is 0.388 e. The molecule has 1 saturated carbocycles. The molecule has 0 saturated heterocycles. The third kappa shape index (κ3) is 1.69. The lowest BCUT2D eigenvalue weighted by atomic mass is 9.92. The van der Waals surface area contributed by atoms with Crippen molar-refractivity contribution in [3.63, 3.8) is 0 Å². The maximum Gasteiger partial charge on any atom is 0.115 e. The van der Waals surface area contributed by atoms with Crippen LogP contribution in [0.4, 0.5) is 0 Å². The van der Waals surface area contributed by atoms with Gasteiger partial charge in [0.15, 0.2) is 0 Å². The van der Waals surface area contributed by atoms with Gasteiger partial charge in [0, 0.05) is 18.0 Å². The van der Waals surface area contributed by atoms with E-state index >= 15 is 0 Å². The zero-order chi connectivity index (χ0) is 12.8. The van der Waals surface area contributed by atoms with Crippen LogP contribution in [0.5, 0.6) is 0 Å². The van der Waals surface area contributed by atoms with E-state index in [1.807, 2.05) is 0 Å². The van der Waals surface area contributed by atoms with Crippen LogP contribution in [-0.2, 0) is 6.42 Å². The highest BCUT2D eigenvalue weighted by atomic mass is 16.3. The molecule has 1 aromatic carbocycles. The number of benzene rings is 1. The molecule has 0 radical (unpaired) electrons. The van der Waals surface area contributed by atoms with Crippen LogP contribution in [0.1, 0.15) is 35.1 Å². The minimum atomic E-state index is -0.428. The lowest BCUT2D eigenvalue weighted by molar-refractivity contribution is 0.144. The van der Waals surface area contributed by atoms with Crippen molar-refractivity contribution in [3.8, 4) is 0 Å². The number of aryl methyl sites for hydroxylation is 1. The Balaban J connectivity index is 1.64. The zero-order valence-corrected chi connectivity index (χ0v) is 10.6. The Kier molecular flexibility index (Phi) is 2.42. The molecule has 2 aromatic rings. The summed E-state index contributed by atoms with van der Waals surface area (Å²) in [6.07, 6.45) is 6.87. The number of fused-ring (bicyclic) bond motifs is 3. The fourth-order valence-corrected chi connectivity index (χ4v) is 3.74. The lowest BCUT2D eigenvalue weighted by Crippen LogP contribution is -2.03. The smallest absolute Gasteiger partial charge is 0.115 e. The van der Waals surface area contributed by atoms with E-state index in [4.69, 9.17) is 0 Å². The number of aliphatic hydroxyl groups is 1. The second-order valence-corrected chi connectivity index (χ2v) is 5.62.